The van der Waals surface area contributed by atoms with E-state index < -0.39 is 0 Å². The molecule has 1 heterocycles. The van der Waals surface area contributed by atoms with Crippen molar-refractivity contribution in [3.63, 3.8) is 0 Å². The number of carbonyl (C=O) groups is 1. The van der Waals surface area contributed by atoms with Crippen molar-refractivity contribution in [3.05, 3.63) is 54.2 Å². The van der Waals surface area contributed by atoms with E-state index in [1.165, 1.54) is 6.08 Å². The molecule has 19 heavy (non-hydrogen) atoms. The lowest BCUT2D eigenvalue weighted by Gasteiger charge is -2.05. The van der Waals surface area contributed by atoms with E-state index in [9.17, 15) is 4.79 Å². The molecule has 0 bridgehead atoms. The van der Waals surface area contributed by atoms with Crippen LogP contribution in [0.3, 0.4) is 0 Å². The van der Waals surface area contributed by atoms with Crippen molar-refractivity contribution >= 4 is 23.2 Å². The molecule has 0 radical (unpaired) electrons. The maximum atomic E-state index is 11.1. The molecule has 1 N–H and O–H groups in total. The van der Waals surface area contributed by atoms with Crippen LogP contribution in [0.5, 0.6) is 11.6 Å². The zero-order valence-electron chi connectivity index (χ0n) is 9.84. The van der Waals surface area contributed by atoms with E-state index in [4.69, 9.17) is 16.3 Å². The van der Waals surface area contributed by atoms with Crippen molar-refractivity contribution in [3.8, 4) is 11.6 Å². The maximum Gasteiger partial charge on any atom is 0.247 e. The van der Waals surface area contributed by atoms with Crippen LogP contribution in [0.1, 0.15) is 0 Å². The summed E-state index contributed by atoms with van der Waals surface area (Å²) in [5.74, 6) is 0.651. The molecule has 0 saturated heterocycles. The minimum Gasteiger partial charge on any atom is -0.438 e. The second-order valence-electron chi connectivity index (χ2n) is 3.51. The SMILES string of the molecule is C=CC(=O)Nc1ccc(Oc2ccc(Cl)nn2)cc1. The molecule has 2 rings (SSSR count). The zero-order chi connectivity index (χ0) is 13.7. The molecule has 6 heteroatoms. The molecule has 1 aromatic heterocycles. The van der Waals surface area contributed by atoms with E-state index in [1.54, 1.807) is 36.4 Å². The normalized spacial score (nSPS) is 9.74. The van der Waals surface area contributed by atoms with E-state index in [1.807, 2.05) is 0 Å². The number of hydrogen-bond acceptors (Lipinski definition) is 4. The van der Waals surface area contributed by atoms with Crippen molar-refractivity contribution in [1.29, 1.82) is 0 Å². The fourth-order valence-electron chi connectivity index (χ4n) is 1.28. The first kappa shape index (κ1) is 13.0. The largest absolute Gasteiger partial charge is 0.438 e. The van der Waals surface area contributed by atoms with Gasteiger partial charge in [-0.15, -0.1) is 10.2 Å². The number of anilines is 1. The third kappa shape index (κ3) is 3.79. The van der Waals surface area contributed by atoms with Gasteiger partial charge in [0.05, 0.1) is 0 Å². The highest BCUT2D eigenvalue weighted by Crippen LogP contribution is 2.21. The molecule has 0 aliphatic heterocycles. The fourth-order valence-corrected chi connectivity index (χ4v) is 1.38. The molecule has 96 valence electrons. The lowest BCUT2D eigenvalue weighted by atomic mass is 10.3. The number of benzene rings is 1. The quantitative estimate of drug-likeness (QED) is 0.871. The van der Waals surface area contributed by atoms with Crippen LogP contribution in [0.2, 0.25) is 5.15 Å². The number of ether oxygens (including phenoxy) is 1. The van der Waals surface area contributed by atoms with E-state index in [-0.39, 0.29) is 5.91 Å². The molecule has 5 nitrogen and oxygen atoms in total. The van der Waals surface area contributed by atoms with Crippen molar-refractivity contribution in [2.75, 3.05) is 5.32 Å². The number of halogens is 1. The van der Waals surface area contributed by atoms with Gasteiger partial charge in [-0.3, -0.25) is 4.79 Å². The first-order valence-corrected chi connectivity index (χ1v) is 5.76. The zero-order valence-corrected chi connectivity index (χ0v) is 10.6. The van der Waals surface area contributed by atoms with Gasteiger partial charge in [-0.25, -0.2) is 0 Å². The molecular weight excluding hydrogens is 266 g/mol. The Bertz CT molecular complexity index is 582. The number of nitrogens with zero attached hydrogens (tertiary/aromatic N) is 2. The Kier molecular flexibility index (Phi) is 4.10. The summed E-state index contributed by atoms with van der Waals surface area (Å²) in [4.78, 5) is 11.1. The van der Waals surface area contributed by atoms with Gasteiger partial charge in [0.2, 0.25) is 11.8 Å². The third-order valence-electron chi connectivity index (χ3n) is 2.14. The Hall–Kier alpha value is -2.40. The van der Waals surface area contributed by atoms with Crippen LogP contribution in [0, 0.1) is 0 Å². The summed E-state index contributed by atoms with van der Waals surface area (Å²) in [5, 5.41) is 10.4. The van der Waals surface area contributed by atoms with Gasteiger partial charge in [-0.1, -0.05) is 18.2 Å². The van der Waals surface area contributed by atoms with Crippen molar-refractivity contribution < 1.29 is 9.53 Å². The maximum absolute atomic E-state index is 11.1. The van der Waals surface area contributed by atoms with Gasteiger partial charge < -0.3 is 10.1 Å². The van der Waals surface area contributed by atoms with Crippen molar-refractivity contribution in [1.82, 2.24) is 10.2 Å². The smallest absolute Gasteiger partial charge is 0.247 e. The average molecular weight is 276 g/mol. The highest BCUT2D eigenvalue weighted by Gasteiger charge is 2.01. The highest BCUT2D eigenvalue weighted by atomic mass is 35.5. The highest BCUT2D eigenvalue weighted by molar-refractivity contribution is 6.29. The Morgan fingerprint density at radius 1 is 1.21 bits per heavy atom. The van der Waals surface area contributed by atoms with E-state index in [2.05, 4.69) is 22.1 Å². The number of amides is 1. The molecule has 0 aliphatic rings. The number of carbonyl (C=O) groups excluding carboxylic acids is 1. The molecule has 0 saturated carbocycles. The first-order valence-electron chi connectivity index (χ1n) is 5.38. The van der Waals surface area contributed by atoms with Gasteiger partial charge in [0.25, 0.3) is 0 Å². The molecule has 0 aliphatic carbocycles. The molecule has 1 amide bonds. The summed E-state index contributed by atoms with van der Waals surface area (Å²) in [6, 6.07) is 10.0. The van der Waals surface area contributed by atoms with Crippen LogP contribution < -0.4 is 10.1 Å². The van der Waals surface area contributed by atoms with Gasteiger partial charge in [0, 0.05) is 11.8 Å². The van der Waals surface area contributed by atoms with Gasteiger partial charge in [-0.2, -0.15) is 0 Å². The first-order chi connectivity index (χ1) is 9.17. The topological polar surface area (TPSA) is 64.1 Å². The number of hydrogen-bond donors (Lipinski definition) is 1. The predicted molar refractivity (Wildman–Crippen MR) is 72.4 cm³/mol. The van der Waals surface area contributed by atoms with Gasteiger partial charge in [0.15, 0.2) is 5.15 Å². The van der Waals surface area contributed by atoms with E-state index in [0.29, 0.717) is 22.5 Å². The molecule has 0 fully saturated rings. The number of rotatable bonds is 4. The van der Waals surface area contributed by atoms with Gasteiger partial charge in [0.1, 0.15) is 5.75 Å². The summed E-state index contributed by atoms with van der Waals surface area (Å²) in [5.41, 5.74) is 0.652. The minimum atomic E-state index is -0.266. The van der Waals surface area contributed by atoms with Crippen LogP contribution in [0.4, 0.5) is 5.69 Å². The van der Waals surface area contributed by atoms with Crippen LogP contribution >= 0.6 is 11.6 Å². The molecule has 0 atom stereocenters. The summed E-state index contributed by atoms with van der Waals surface area (Å²) < 4.78 is 5.45. The monoisotopic (exact) mass is 275 g/mol. The fraction of sp³-hybridized carbons (Fsp3) is 0. The molecule has 2 aromatic rings. The van der Waals surface area contributed by atoms with Crippen LogP contribution in [0.25, 0.3) is 0 Å². The Labute approximate surface area is 114 Å². The van der Waals surface area contributed by atoms with Gasteiger partial charge in [-0.05, 0) is 36.4 Å². The van der Waals surface area contributed by atoms with Crippen molar-refractivity contribution in [2.24, 2.45) is 0 Å². The van der Waals surface area contributed by atoms with E-state index in [0.717, 1.165) is 0 Å². The Morgan fingerprint density at radius 3 is 2.53 bits per heavy atom. The second-order valence-corrected chi connectivity index (χ2v) is 3.90. The lowest BCUT2D eigenvalue weighted by Crippen LogP contribution is -2.06. The van der Waals surface area contributed by atoms with E-state index >= 15 is 0 Å². The number of aromatic nitrogens is 2. The summed E-state index contributed by atoms with van der Waals surface area (Å²) in [6.07, 6.45) is 1.20. The van der Waals surface area contributed by atoms with Crippen molar-refractivity contribution in [2.45, 2.75) is 0 Å². The third-order valence-corrected chi connectivity index (χ3v) is 2.34. The second kappa shape index (κ2) is 5.97. The summed E-state index contributed by atoms with van der Waals surface area (Å²) in [7, 11) is 0. The summed E-state index contributed by atoms with van der Waals surface area (Å²) in [6.45, 7) is 3.37. The lowest BCUT2D eigenvalue weighted by molar-refractivity contribution is -0.111. The standard InChI is InChI=1S/C13H10ClN3O2/c1-2-12(18)15-9-3-5-10(6-4-9)19-13-8-7-11(14)16-17-13/h2-8H,1H2,(H,15,18). The molecule has 0 unspecified atom stereocenters. The minimum absolute atomic E-state index is 0.266. The Balaban J connectivity index is 2.04. The van der Waals surface area contributed by atoms with Crippen LogP contribution in [-0.4, -0.2) is 16.1 Å². The molecule has 1 aromatic carbocycles. The average Bonchev–Trinajstić information content (AvgIpc) is 2.43. The predicted octanol–water partition coefficient (Wildman–Crippen LogP) is 3.05. The molecule has 0 spiro atoms. The van der Waals surface area contributed by atoms with Crippen LogP contribution in [0.15, 0.2) is 49.1 Å². The molecular formula is C13H10ClN3O2. The van der Waals surface area contributed by atoms with Gasteiger partial charge >= 0.3 is 0 Å². The summed E-state index contributed by atoms with van der Waals surface area (Å²) >= 11 is 5.62. The number of nitrogens with one attached hydrogen (secondary N) is 1. The Morgan fingerprint density at radius 2 is 1.95 bits per heavy atom. The van der Waals surface area contributed by atoms with Crippen LogP contribution in [-0.2, 0) is 4.79 Å².